The van der Waals surface area contributed by atoms with Crippen LogP contribution < -0.4 is 5.73 Å². The van der Waals surface area contributed by atoms with E-state index >= 15 is 0 Å². The van der Waals surface area contributed by atoms with Gasteiger partial charge in [-0.1, -0.05) is 41.4 Å². The zero-order chi connectivity index (χ0) is 10.9. The average Bonchev–Trinajstić information content (AvgIpc) is 2.18. The molecule has 15 heavy (non-hydrogen) atoms. The van der Waals surface area contributed by atoms with Crippen molar-refractivity contribution >= 4 is 15.9 Å². The van der Waals surface area contributed by atoms with Crippen LogP contribution in [-0.4, -0.2) is 6.54 Å². The van der Waals surface area contributed by atoms with E-state index in [2.05, 4.69) is 47.1 Å². The molecule has 0 heterocycles. The van der Waals surface area contributed by atoms with Crippen LogP contribution in [0.1, 0.15) is 31.7 Å². The van der Waals surface area contributed by atoms with E-state index in [0.717, 1.165) is 16.9 Å². The van der Waals surface area contributed by atoms with Gasteiger partial charge in [-0.25, -0.2) is 0 Å². The van der Waals surface area contributed by atoms with Crippen LogP contribution in [0.15, 0.2) is 28.7 Å². The van der Waals surface area contributed by atoms with Gasteiger partial charge < -0.3 is 5.73 Å². The van der Waals surface area contributed by atoms with Crippen molar-refractivity contribution in [2.75, 3.05) is 6.54 Å². The minimum atomic E-state index is 0.268. The monoisotopic (exact) mass is 267 g/mol. The summed E-state index contributed by atoms with van der Waals surface area (Å²) < 4.78 is 1.16. The highest BCUT2D eigenvalue weighted by molar-refractivity contribution is 9.10. The third-order valence-electron chi connectivity index (χ3n) is 3.76. The number of nitrogens with two attached hydrogens (primary N) is 1. The van der Waals surface area contributed by atoms with E-state index in [1.165, 1.54) is 24.8 Å². The molecule has 1 saturated carbocycles. The SMILES string of the molecule is CCC1CC(CN)(c2cccc(Br)c2)C1. The summed E-state index contributed by atoms with van der Waals surface area (Å²) in [6, 6.07) is 8.61. The van der Waals surface area contributed by atoms with E-state index in [-0.39, 0.29) is 5.41 Å². The lowest BCUT2D eigenvalue weighted by atomic mass is 9.58. The second-order valence-electron chi connectivity index (χ2n) is 4.68. The van der Waals surface area contributed by atoms with E-state index < -0.39 is 0 Å². The van der Waals surface area contributed by atoms with Crippen LogP contribution in [0, 0.1) is 5.92 Å². The summed E-state index contributed by atoms with van der Waals surface area (Å²) in [5.41, 5.74) is 7.63. The molecule has 0 saturated heterocycles. The fraction of sp³-hybridized carbons (Fsp3) is 0.538. The van der Waals surface area contributed by atoms with Crippen LogP contribution >= 0.6 is 15.9 Å². The second-order valence-corrected chi connectivity index (χ2v) is 5.59. The maximum atomic E-state index is 5.95. The molecule has 1 aromatic carbocycles. The van der Waals surface area contributed by atoms with Crippen molar-refractivity contribution in [1.29, 1.82) is 0 Å². The molecule has 2 N–H and O–H groups in total. The van der Waals surface area contributed by atoms with E-state index in [4.69, 9.17) is 5.73 Å². The number of benzene rings is 1. The molecule has 1 fully saturated rings. The lowest BCUT2D eigenvalue weighted by Crippen LogP contribution is -2.46. The lowest BCUT2D eigenvalue weighted by molar-refractivity contribution is 0.144. The van der Waals surface area contributed by atoms with Crippen molar-refractivity contribution in [3.8, 4) is 0 Å². The zero-order valence-corrected chi connectivity index (χ0v) is 10.8. The molecule has 0 unspecified atom stereocenters. The Morgan fingerprint density at radius 1 is 1.47 bits per heavy atom. The first-order chi connectivity index (χ1) is 7.20. The van der Waals surface area contributed by atoms with Crippen LogP contribution in [0.4, 0.5) is 0 Å². The van der Waals surface area contributed by atoms with Crippen molar-refractivity contribution < 1.29 is 0 Å². The molecule has 0 atom stereocenters. The van der Waals surface area contributed by atoms with Crippen LogP contribution in [-0.2, 0) is 5.41 Å². The molecule has 0 spiro atoms. The fourth-order valence-corrected chi connectivity index (χ4v) is 3.07. The Kier molecular flexibility index (Phi) is 3.17. The van der Waals surface area contributed by atoms with E-state index in [1.807, 2.05) is 0 Å². The Bertz CT molecular complexity index is 342. The second kappa shape index (κ2) is 4.26. The third-order valence-corrected chi connectivity index (χ3v) is 4.26. The molecule has 0 radical (unpaired) electrons. The van der Waals surface area contributed by atoms with E-state index in [1.54, 1.807) is 0 Å². The standard InChI is InChI=1S/C13H18BrN/c1-2-10-7-13(8-10,9-15)11-4-3-5-12(14)6-11/h3-6,10H,2,7-9,15H2,1H3. The summed E-state index contributed by atoms with van der Waals surface area (Å²) in [4.78, 5) is 0. The minimum Gasteiger partial charge on any atom is -0.330 e. The molecule has 1 nitrogen and oxygen atoms in total. The predicted octanol–water partition coefficient (Wildman–Crippen LogP) is 3.47. The van der Waals surface area contributed by atoms with Gasteiger partial charge in [0.2, 0.25) is 0 Å². The summed E-state index contributed by atoms with van der Waals surface area (Å²) >= 11 is 3.53. The average molecular weight is 268 g/mol. The maximum Gasteiger partial charge on any atom is 0.0178 e. The Morgan fingerprint density at radius 2 is 2.20 bits per heavy atom. The summed E-state index contributed by atoms with van der Waals surface area (Å²) in [6.07, 6.45) is 3.81. The van der Waals surface area contributed by atoms with Crippen molar-refractivity contribution in [3.05, 3.63) is 34.3 Å². The van der Waals surface area contributed by atoms with Crippen molar-refractivity contribution in [3.63, 3.8) is 0 Å². The molecule has 2 rings (SSSR count). The van der Waals surface area contributed by atoms with Gasteiger partial charge in [-0.2, -0.15) is 0 Å². The number of rotatable bonds is 3. The fourth-order valence-electron chi connectivity index (χ4n) is 2.67. The summed E-state index contributed by atoms with van der Waals surface area (Å²) in [5, 5.41) is 0. The topological polar surface area (TPSA) is 26.0 Å². The van der Waals surface area contributed by atoms with Gasteiger partial charge in [0, 0.05) is 16.4 Å². The normalized spacial score (nSPS) is 29.9. The quantitative estimate of drug-likeness (QED) is 0.892. The summed E-state index contributed by atoms with van der Waals surface area (Å²) in [7, 11) is 0. The van der Waals surface area contributed by atoms with Crippen molar-refractivity contribution in [2.24, 2.45) is 11.7 Å². The van der Waals surface area contributed by atoms with Crippen molar-refractivity contribution in [1.82, 2.24) is 0 Å². The van der Waals surface area contributed by atoms with E-state index in [0.29, 0.717) is 0 Å². The number of hydrogen-bond acceptors (Lipinski definition) is 1. The molecule has 0 amide bonds. The van der Waals surface area contributed by atoms with E-state index in [9.17, 15) is 0 Å². The Labute approximate surface area is 100 Å². The molecule has 1 aliphatic rings. The first-order valence-electron chi connectivity index (χ1n) is 5.66. The van der Waals surface area contributed by atoms with Crippen LogP contribution in [0.2, 0.25) is 0 Å². The number of hydrogen-bond donors (Lipinski definition) is 1. The molecule has 0 aliphatic heterocycles. The Balaban J connectivity index is 2.21. The predicted molar refractivity (Wildman–Crippen MR) is 67.9 cm³/mol. The van der Waals surface area contributed by atoms with Crippen LogP contribution in [0.5, 0.6) is 0 Å². The largest absolute Gasteiger partial charge is 0.330 e. The van der Waals surface area contributed by atoms with Gasteiger partial charge in [0.1, 0.15) is 0 Å². The van der Waals surface area contributed by atoms with Gasteiger partial charge in [-0.15, -0.1) is 0 Å². The van der Waals surface area contributed by atoms with Crippen molar-refractivity contribution in [2.45, 2.75) is 31.6 Å². The smallest absolute Gasteiger partial charge is 0.0178 e. The molecular formula is C13H18BrN. The molecule has 1 aromatic rings. The molecular weight excluding hydrogens is 250 g/mol. The van der Waals surface area contributed by atoms with Gasteiger partial charge in [0.05, 0.1) is 0 Å². The molecule has 1 aliphatic carbocycles. The molecule has 0 aromatic heterocycles. The summed E-state index contributed by atoms with van der Waals surface area (Å²) in [6.45, 7) is 3.05. The molecule has 0 bridgehead atoms. The van der Waals surface area contributed by atoms with Crippen LogP contribution in [0.25, 0.3) is 0 Å². The van der Waals surface area contributed by atoms with Gasteiger partial charge in [0.25, 0.3) is 0 Å². The van der Waals surface area contributed by atoms with Gasteiger partial charge in [0.15, 0.2) is 0 Å². The number of halogens is 1. The Hall–Kier alpha value is -0.340. The lowest BCUT2D eigenvalue weighted by Gasteiger charge is -2.47. The first-order valence-corrected chi connectivity index (χ1v) is 6.45. The molecule has 82 valence electrons. The highest BCUT2D eigenvalue weighted by Crippen LogP contribution is 2.48. The van der Waals surface area contributed by atoms with Gasteiger partial charge >= 0.3 is 0 Å². The highest BCUT2D eigenvalue weighted by Gasteiger charge is 2.43. The Morgan fingerprint density at radius 3 is 2.73 bits per heavy atom. The highest BCUT2D eigenvalue weighted by atomic mass is 79.9. The first kappa shape index (κ1) is 11.2. The van der Waals surface area contributed by atoms with Gasteiger partial charge in [-0.3, -0.25) is 0 Å². The zero-order valence-electron chi connectivity index (χ0n) is 9.17. The maximum absolute atomic E-state index is 5.95. The van der Waals surface area contributed by atoms with Gasteiger partial charge in [-0.05, 0) is 36.5 Å². The summed E-state index contributed by atoms with van der Waals surface area (Å²) in [5.74, 6) is 0.882. The third kappa shape index (κ3) is 1.98. The van der Waals surface area contributed by atoms with Crippen LogP contribution in [0.3, 0.4) is 0 Å². The minimum absolute atomic E-state index is 0.268. The molecule has 2 heteroatoms.